The fraction of sp³-hybridized carbons (Fsp3) is 0.617. The summed E-state index contributed by atoms with van der Waals surface area (Å²) in [5, 5.41) is 31.1. The first kappa shape index (κ1) is 40.1. The summed E-state index contributed by atoms with van der Waals surface area (Å²) in [4.78, 5) is 48.2. The number of carbonyl (C=O) groups excluding carboxylic acids is 3. The Hall–Kier alpha value is -3.31. The maximum Gasteiger partial charge on any atom is 0.356 e. The minimum atomic E-state index is -1.27. The number of aliphatic hydroxyl groups is 2. The van der Waals surface area contributed by atoms with Crippen molar-refractivity contribution in [2.24, 2.45) is 23.7 Å². The van der Waals surface area contributed by atoms with Crippen molar-refractivity contribution in [1.82, 2.24) is 10.2 Å². The van der Waals surface area contributed by atoms with Crippen LogP contribution in [0.5, 0.6) is 0 Å². The van der Waals surface area contributed by atoms with Gasteiger partial charge in [0.15, 0.2) is 24.0 Å². The molecular weight excluding hydrogens is 770 g/mol. The van der Waals surface area contributed by atoms with Crippen molar-refractivity contribution in [3.63, 3.8) is 0 Å². The number of carbonyl (C=O) groups is 3. The fourth-order valence-corrected chi connectivity index (χ4v) is 12.3. The third kappa shape index (κ3) is 8.00. The normalized spacial score (nSPS) is 32.4. The molecule has 1 spiro atoms. The van der Waals surface area contributed by atoms with Gasteiger partial charge in [-0.1, -0.05) is 68.1 Å². The number of nitrogens with one attached hydrogen (secondary N) is 2. The molecule has 0 bridgehead atoms. The molecule has 1 aromatic carbocycles. The standard InChI is InChI=1S/C47H58ClN3O6S/c1-2-9-38(43(54)42(53)35-22-34(35)29-16-17-29)49-44(55)39-25-46(23-31(18-19-57-46)30-12-8-13-32(48)21-30)27-51(39)45(56)47(50-41(52)20-28-10-4-3-5-11-28)24-37(47)36-26-58-40-15-7-6-14-33(36)40/h6-7,13-15,18,21,26,28-29,34-35,37-39,43,54H,2-5,8-12,16-17,19-20,22-25,27H2,1H3,(H,49,55)(H,50,52)/p+1/t34?,35?,37-,38?,39+,43?,46-,47?/m1/s1. The number of benzene rings is 1. The second kappa shape index (κ2) is 16.3. The predicted molar refractivity (Wildman–Crippen MR) is 227 cm³/mol. The van der Waals surface area contributed by atoms with Gasteiger partial charge in [0.1, 0.15) is 5.54 Å². The minimum absolute atomic E-state index is 0.0957. The SMILES string of the molecule is CCCC([NH+]=C(O)[C@@H]1C[C@]2(CC(C3=CC(Cl)=CCC3)=CCO2)CN1C(=O)C1(NC(=O)CC2CCCCC2)C[C@@H]1c1csc2ccccc12)C(O)C(=O)C1CC1C1CC1. The van der Waals surface area contributed by atoms with Gasteiger partial charge in [0.25, 0.3) is 0 Å². The van der Waals surface area contributed by atoms with E-state index in [1.807, 2.05) is 31.2 Å². The van der Waals surface area contributed by atoms with Crippen LogP contribution in [-0.2, 0) is 19.1 Å². The van der Waals surface area contributed by atoms with Gasteiger partial charge in [-0.3, -0.25) is 14.4 Å². The maximum atomic E-state index is 15.6. The summed E-state index contributed by atoms with van der Waals surface area (Å²) >= 11 is 8.14. The average Bonchev–Trinajstić information content (AvgIpc) is 4.18. The van der Waals surface area contributed by atoms with Gasteiger partial charge in [0, 0.05) is 47.3 Å². The van der Waals surface area contributed by atoms with Crippen LogP contribution in [0.15, 0.2) is 64.1 Å². The number of allylic oxidation sites excluding steroid dienone is 4. The number of hydrogen-bond donors (Lipinski definition) is 4. The van der Waals surface area contributed by atoms with Crippen molar-refractivity contribution in [1.29, 1.82) is 0 Å². The maximum absolute atomic E-state index is 15.6. The third-order valence-corrected chi connectivity index (χ3v) is 15.8. The quantitative estimate of drug-likeness (QED) is 0.121. The Balaban J connectivity index is 1.05. The predicted octanol–water partition coefficient (Wildman–Crippen LogP) is 6.93. The molecule has 7 aliphatic rings. The van der Waals surface area contributed by atoms with E-state index in [0.29, 0.717) is 62.9 Å². The van der Waals surface area contributed by atoms with Crippen LogP contribution in [0.2, 0.25) is 0 Å². The van der Waals surface area contributed by atoms with Crippen molar-refractivity contribution < 1.29 is 34.3 Å². The van der Waals surface area contributed by atoms with E-state index in [2.05, 4.69) is 33.9 Å². The number of thiophene rings is 1. The highest BCUT2D eigenvalue weighted by molar-refractivity contribution is 7.17. The van der Waals surface area contributed by atoms with Gasteiger partial charge in [-0.2, -0.15) is 0 Å². The van der Waals surface area contributed by atoms with Crippen molar-refractivity contribution in [3.8, 4) is 0 Å². The van der Waals surface area contributed by atoms with Crippen molar-refractivity contribution >= 4 is 56.5 Å². The van der Waals surface area contributed by atoms with E-state index in [1.165, 1.54) is 6.42 Å². The molecule has 2 amide bonds. The van der Waals surface area contributed by atoms with E-state index in [9.17, 15) is 19.8 Å². The average molecular weight is 830 g/mol. The molecule has 4 N–H and O–H groups in total. The molecule has 11 heteroatoms. The van der Waals surface area contributed by atoms with Crippen LogP contribution in [-0.4, -0.2) is 81.1 Å². The van der Waals surface area contributed by atoms with Crippen LogP contribution in [0.1, 0.15) is 121 Å². The number of halogens is 1. The molecule has 5 fully saturated rings. The Labute approximate surface area is 351 Å². The largest absolute Gasteiger partial charge is 0.462 e. The molecule has 9 rings (SSSR count). The molecule has 3 heterocycles. The topological polar surface area (TPSA) is 130 Å². The summed E-state index contributed by atoms with van der Waals surface area (Å²) in [6, 6.07) is 6.70. The molecule has 2 aromatic rings. The lowest BCUT2D eigenvalue weighted by Crippen LogP contribution is -2.85. The van der Waals surface area contributed by atoms with E-state index in [-0.39, 0.29) is 41.9 Å². The Morgan fingerprint density at radius 3 is 2.67 bits per heavy atom. The van der Waals surface area contributed by atoms with Gasteiger partial charge in [0.05, 0.1) is 18.8 Å². The highest BCUT2D eigenvalue weighted by Crippen LogP contribution is 2.57. The second-order valence-electron chi connectivity index (χ2n) is 18.6. The van der Waals surface area contributed by atoms with E-state index < -0.39 is 29.3 Å². The molecule has 1 saturated heterocycles. The Kier molecular flexibility index (Phi) is 11.3. The Morgan fingerprint density at radius 2 is 1.90 bits per heavy atom. The lowest BCUT2D eigenvalue weighted by molar-refractivity contribution is -0.524. The number of hydrogen-bond acceptors (Lipinski definition) is 6. The molecule has 310 valence electrons. The minimum Gasteiger partial charge on any atom is -0.462 e. The molecule has 4 saturated carbocycles. The van der Waals surface area contributed by atoms with Crippen LogP contribution >= 0.6 is 22.9 Å². The van der Waals surface area contributed by atoms with Crippen LogP contribution in [0.25, 0.3) is 10.1 Å². The summed E-state index contributed by atoms with van der Waals surface area (Å²) < 4.78 is 7.78. The first-order valence-corrected chi connectivity index (χ1v) is 23.4. The number of amides is 2. The third-order valence-electron chi connectivity index (χ3n) is 14.5. The number of likely N-dealkylation sites (tertiary alicyclic amines) is 1. The summed E-state index contributed by atoms with van der Waals surface area (Å²) in [5.74, 6) is 0.329. The first-order chi connectivity index (χ1) is 28.1. The molecule has 1 aromatic heterocycles. The number of nitrogens with zero attached hydrogens (tertiary/aromatic N) is 1. The summed E-state index contributed by atoms with van der Waals surface area (Å²) in [5.41, 5.74) is 1.38. The molecule has 5 aliphatic carbocycles. The zero-order valence-electron chi connectivity index (χ0n) is 33.7. The molecule has 2 aliphatic heterocycles. The van der Waals surface area contributed by atoms with Crippen LogP contribution in [0.4, 0.5) is 0 Å². The van der Waals surface area contributed by atoms with Gasteiger partial charge in [-0.25, -0.2) is 4.99 Å². The van der Waals surface area contributed by atoms with Gasteiger partial charge in [-0.15, -0.1) is 11.3 Å². The summed E-state index contributed by atoms with van der Waals surface area (Å²) in [6.07, 6.45) is 18.2. The van der Waals surface area contributed by atoms with Crippen molar-refractivity contribution in [2.75, 3.05) is 13.2 Å². The van der Waals surface area contributed by atoms with Crippen LogP contribution in [0.3, 0.4) is 0 Å². The second-order valence-corrected chi connectivity index (χ2v) is 20.0. The van der Waals surface area contributed by atoms with Gasteiger partial charge >= 0.3 is 5.90 Å². The smallest absolute Gasteiger partial charge is 0.356 e. The fourth-order valence-electron chi connectivity index (χ4n) is 11.0. The number of rotatable bonds is 14. The molecule has 5 unspecified atom stereocenters. The van der Waals surface area contributed by atoms with E-state index in [0.717, 1.165) is 89.6 Å². The van der Waals surface area contributed by atoms with Gasteiger partial charge in [-0.05, 0) is 115 Å². The van der Waals surface area contributed by atoms with E-state index in [1.54, 1.807) is 16.2 Å². The highest BCUT2D eigenvalue weighted by atomic mass is 35.5. The van der Waals surface area contributed by atoms with Crippen molar-refractivity contribution in [3.05, 3.63) is 69.6 Å². The number of aliphatic hydroxyl groups excluding tert-OH is 2. The lowest BCUT2D eigenvalue weighted by Gasteiger charge is -2.35. The molecular formula is C47H59ClN3O6S+. The van der Waals surface area contributed by atoms with Gasteiger partial charge in [0.2, 0.25) is 11.8 Å². The van der Waals surface area contributed by atoms with Crippen LogP contribution in [0, 0.1) is 23.7 Å². The number of ketones is 1. The monoisotopic (exact) mass is 828 g/mol. The Bertz CT molecular complexity index is 2060. The van der Waals surface area contributed by atoms with E-state index in [4.69, 9.17) is 16.3 Å². The Morgan fingerprint density at radius 1 is 1.09 bits per heavy atom. The number of ether oxygens (including phenoxy) is 1. The lowest BCUT2D eigenvalue weighted by atomic mass is 9.84. The number of fused-ring (bicyclic) bond motifs is 1. The van der Waals surface area contributed by atoms with E-state index >= 15 is 4.79 Å². The molecule has 8 atom stereocenters. The number of Topliss-reactive ketones (excluding diaryl/α,β-unsaturated/α-hetero) is 1. The zero-order chi connectivity index (χ0) is 40.2. The highest BCUT2D eigenvalue weighted by Gasteiger charge is 2.66. The first-order valence-electron chi connectivity index (χ1n) is 22.1. The van der Waals surface area contributed by atoms with Crippen molar-refractivity contribution in [2.45, 2.75) is 145 Å². The molecule has 0 radical (unpaired) electrons. The summed E-state index contributed by atoms with van der Waals surface area (Å²) in [6.45, 7) is 2.58. The molecule has 9 nitrogen and oxygen atoms in total. The summed E-state index contributed by atoms with van der Waals surface area (Å²) in [7, 11) is 0. The zero-order valence-corrected chi connectivity index (χ0v) is 35.3. The molecule has 58 heavy (non-hydrogen) atoms. The van der Waals surface area contributed by atoms with Gasteiger partial charge < -0.3 is 25.2 Å². The van der Waals surface area contributed by atoms with Crippen LogP contribution < -0.4 is 10.3 Å².